The van der Waals surface area contributed by atoms with Crippen LogP contribution in [0.2, 0.25) is 0 Å². The zero-order valence-electron chi connectivity index (χ0n) is 16.5. The van der Waals surface area contributed by atoms with E-state index < -0.39 is 0 Å². The van der Waals surface area contributed by atoms with Crippen LogP contribution >= 0.6 is 0 Å². The van der Waals surface area contributed by atoms with Gasteiger partial charge in [0.15, 0.2) is 0 Å². The van der Waals surface area contributed by atoms with Gasteiger partial charge in [-0.15, -0.1) is 0 Å². The molecule has 0 unspecified atom stereocenters. The number of piperazine rings is 1. The highest BCUT2D eigenvalue weighted by molar-refractivity contribution is 5.95. The zero-order valence-corrected chi connectivity index (χ0v) is 16.5. The summed E-state index contributed by atoms with van der Waals surface area (Å²) in [4.78, 5) is 29.3. The van der Waals surface area contributed by atoms with Crippen molar-refractivity contribution < 1.29 is 14.3 Å². The van der Waals surface area contributed by atoms with E-state index in [1.165, 1.54) is 0 Å². The fourth-order valence-corrected chi connectivity index (χ4v) is 3.82. The lowest BCUT2D eigenvalue weighted by Gasteiger charge is -2.35. The van der Waals surface area contributed by atoms with Crippen LogP contribution in [0.15, 0.2) is 66.7 Å². The van der Waals surface area contributed by atoms with Crippen molar-refractivity contribution in [2.45, 2.75) is 6.42 Å². The molecule has 148 valence electrons. The summed E-state index contributed by atoms with van der Waals surface area (Å²) in [6.07, 6.45) is 0.380. The van der Waals surface area contributed by atoms with E-state index in [-0.39, 0.29) is 11.8 Å². The third-order valence-electron chi connectivity index (χ3n) is 5.46. The number of hydrogen-bond acceptors (Lipinski definition) is 3. The van der Waals surface area contributed by atoms with Crippen LogP contribution < -0.4 is 4.74 Å². The Morgan fingerprint density at radius 2 is 1.55 bits per heavy atom. The molecular weight excluding hydrogens is 364 g/mol. The molecule has 29 heavy (non-hydrogen) atoms. The van der Waals surface area contributed by atoms with Gasteiger partial charge in [-0.3, -0.25) is 9.59 Å². The van der Waals surface area contributed by atoms with Gasteiger partial charge in [-0.25, -0.2) is 0 Å². The fourth-order valence-electron chi connectivity index (χ4n) is 3.82. The number of carbonyl (C=O) groups excluding carboxylic acids is 2. The van der Waals surface area contributed by atoms with Gasteiger partial charge in [0.25, 0.3) is 5.91 Å². The molecule has 0 aliphatic carbocycles. The minimum Gasteiger partial charge on any atom is -0.497 e. The zero-order chi connectivity index (χ0) is 20.2. The molecule has 0 bridgehead atoms. The monoisotopic (exact) mass is 388 g/mol. The molecule has 1 saturated heterocycles. The van der Waals surface area contributed by atoms with E-state index in [9.17, 15) is 9.59 Å². The molecule has 0 spiro atoms. The van der Waals surface area contributed by atoms with E-state index in [0.717, 1.165) is 16.3 Å². The number of methoxy groups -OCH3 is 1. The molecule has 1 aliphatic heterocycles. The predicted molar refractivity (Wildman–Crippen MR) is 113 cm³/mol. The van der Waals surface area contributed by atoms with Gasteiger partial charge in [-0.1, -0.05) is 48.5 Å². The van der Waals surface area contributed by atoms with Gasteiger partial charge < -0.3 is 14.5 Å². The maximum atomic E-state index is 12.8. The third-order valence-corrected chi connectivity index (χ3v) is 5.46. The van der Waals surface area contributed by atoms with Crippen molar-refractivity contribution in [2.75, 3.05) is 33.3 Å². The van der Waals surface area contributed by atoms with Crippen molar-refractivity contribution in [1.82, 2.24) is 9.80 Å². The Hall–Kier alpha value is -3.34. The van der Waals surface area contributed by atoms with Gasteiger partial charge in [-0.05, 0) is 34.5 Å². The first-order valence-corrected chi connectivity index (χ1v) is 9.83. The maximum Gasteiger partial charge on any atom is 0.254 e. The average Bonchev–Trinajstić information content (AvgIpc) is 2.79. The lowest BCUT2D eigenvalue weighted by Crippen LogP contribution is -2.51. The standard InChI is InChI=1S/C24H24N2O3/c1-29-21-10-5-9-20(16-21)24(28)26-14-12-25(13-15-26)23(27)17-19-8-4-7-18-6-2-3-11-22(18)19/h2-11,16H,12-15,17H2,1H3. The summed E-state index contributed by atoms with van der Waals surface area (Å²) >= 11 is 0. The summed E-state index contributed by atoms with van der Waals surface area (Å²) in [5.41, 5.74) is 1.66. The molecule has 1 fully saturated rings. The van der Waals surface area contributed by atoms with Crippen LogP contribution in [0.1, 0.15) is 15.9 Å². The second-order valence-electron chi connectivity index (χ2n) is 7.22. The largest absolute Gasteiger partial charge is 0.497 e. The van der Waals surface area contributed by atoms with Crippen LogP contribution in [0.3, 0.4) is 0 Å². The predicted octanol–water partition coefficient (Wildman–Crippen LogP) is 3.38. The fraction of sp³-hybridized carbons (Fsp3) is 0.250. The van der Waals surface area contributed by atoms with Crippen molar-refractivity contribution in [3.05, 3.63) is 77.9 Å². The van der Waals surface area contributed by atoms with Gasteiger partial charge >= 0.3 is 0 Å². The molecular formula is C24H24N2O3. The molecule has 2 amide bonds. The Balaban J connectivity index is 1.39. The lowest BCUT2D eigenvalue weighted by molar-refractivity contribution is -0.131. The van der Waals surface area contributed by atoms with Crippen molar-refractivity contribution >= 4 is 22.6 Å². The molecule has 0 aromatic heterocycles. The summed E-state index contributed by atoms with van der Waals surface area (Å²) in [6, 6.07) is 21.4. The second-order valence-corrected chi connectivity index (χ2v) is 7.22. The quantitative estimate of drug-likeness (QED) is 0.689. The first kappa shape index (κ1) is 19.0. The Labute approximate surface area is 170 Å². The Kier molecular flexibility index (Phi) is 5.47. The summed E-state index contributed by atoms with van der Waals surface area (Å²) < 4.78 is 5.20. The minimum atomic E-state index is -0.0231. The highest BCUT2D eigenvalue weighted by atomic mass is 16.5. The van der Waals surface area contributed by atoms with Crippen molar-refractivity contribution in [3.8, 4) is 5.75 Å². The first-order valence-electron chi connectivity index (χ1n) is 9.83. The number of benzene rings is 3. The van der Waals surface area contributed by atoms with Gasteiger partial charge in [0.05, 0.1) is 13.5 Å². The summed E-state index contributed by atoms with van der Waals surface area (Å²) in [6.45, 7) is 2.19. The molecule has 0 saturated carbocycles. The molecule has 1 aliphatic rings. The number of carbonyl (C=O) groups is 2. The molecule has 4 rings (SSSR count). The number of ether oxygens (including phenoxy) is 1. The molecule has 0 N–H and O–H groups in total. The number of amides is 2. The van der Waals surface area contributed by atoms with E-state index in [4.69, 9.17) is 4.74 Å². The van der Waals surface area contributed by atoms with Crippen LogP contribution in [0, 0.1) is 0 Å². The Bertz CT molecular complexity index is 1030. The average molecular weight is 388 g/mol. The van der Waals surface area contributed by atoms with Crippen LogP contribution in [0.4, 0.5) is 0 Å². The van der Waals surface area contributed by atoms with Gasteiger partial charge in [0.1, 0.15) is 5.75 Å². The molecule has 0 radical (unpaired) electrons. The summed E-state index contributed by atoms with van der Waals surface area (Å²) in [7, 11) is 1.59. The normalized spacial score (nSPS) is 14.1. The van der Waals surface area contributed by atoms with E-state index in [1.807, 2.05) is 41.3 Å². The highest BCUT2D eigenvalue weighted by Crippen LogP contribution is 2.20. The van der Waals surface area contributed by atoms with Crippen LogP contribution in [0.5, 0.6) is 5.75 Å². The lowest BCUT2D eigenvalue weighted by atomic mass is 10.0. The van der Waals surface area contributed by atoms with Crippen molar-refractivity contribution in [3.63, 3.8) is 0 Å². The van der Waals surface area contributed by atoms with Gasteiger partial charge in [0, 0.05) is 31.7 Å². The van der Waals surface area contributed by atoms with E-state index in [2.05, 4.69) is 18.2 Å². The topological polar surface area (TPSA) is 49.9 Å². The highest BCUT2D eigenvalue weighted by Gasteiger charge is 2.25. The van der Waals surface area contributed by atoms with Gasteiger partial charge in [0.2, 0.25) is 5.91 Å². The third kappa shape index (κ3) is 4.09. The van der Waals surface area contributed by atoms with Crippen molar-refractivity contribution in [1.29, 1.82) is 0 Å². The molecule has 3 aromatic rings. The first-order chi connectivity index (χ1) is 14.2. The number of fused-ring (bicyclic) bond motifs is 1. The summed E-state index contributed by atoms with van der Waals surface area (Å²) in [5, 5.41) is 2.27. The van der Waals surface area contributed by atoms with E-state index in [1.54, 1.807) is 24.1 Å². The molecule has 5 nitrogen and oxygen atoms in total. The number of hydrogen-bond donors (Lipinski definition) is 0. The number of rotatable bonds is 4. The maximum absolute atomic E-state index is 12.8. The smallest absolute Gasteiger partial charge is 0.254 e. The minimum absolute atomic E-state index is 0.0231. The molecule has 0 atom stereocenters. The van der Waals surface area contributed by atoms with E-state index >= 15 is 0 Å². The van der Waals surface area contributed by atoms with Crippen LogP contribution in [-0.4, -0.2) is 54.9 Å². The van der Waals surface area contributed by atoms with Crippen molar-refractivity contribution in [2.24, 2.45) is 0 Å². The molecule has 5 heteroatoms. The van der Waals surface area contributed by atoms with Crippen LogP contribution in [0.25, 0.3) is 10.8 Å². The number of nitrogens with zero attached hydrogens (tertiary/aromatic N) is 2. The SMILES string of the molecule is COc1cccc(C(=O)N2CCN(C(=O)Cc3cccc4ccccc34)CC2)c1. The van der Waals surface area contributed by atoms with Crippen LogP contribution in [-0.2, 0) is 11.2 Å². The summed E-state index contributed by atoms with van der Waals surface area (Å²) in [5.74, 6) is 0.750. The Morgan fingerprint density at radius 3 is 2.34 bits per heavy atom. The Morgan fingerprint density at radius 1 is 0.862 bits per heavy atom. The second kappa shape index (κ2) is 8.35. The van der Waals surface area contributed by atoms with E-state index in [0.29, 0.717) is 43.9 Å². The van der Waals surface area contributed by atoms with Gasteiger partial charge in [-0.2, -0.15) is 0 Å². The molecule has 1 heterocycles. The molecule has 3 aromatic carbocycles.